The van der Waals surface area contributed by atoms with Gasteiger partial charge in [-0.15, -0.1) is 0 Å². The van der Waals surface area contributed by atoms with Crippen LogP contribution in [0, 0.1) is 16.0 Å². The number of rotatable bonds is 3. The summed E-state index contributed by atoms with van der Waals surface area (Å²) in [5.41, 5.74) is 1.10. The Bertz CT molecular complexity index is 656. The van der Waals surface area contributed by atoms with Crippen LogP contribution in [0.5, 0.6) is 0 Å². The highest BCUT2D eigenvalue weighted by molar-refractivity contribution is 5.94. The summed E-state index contributed by atoms with van der Waals surface area (Å²) in [6, 6.07) is 3.03. The minimum atomic E-state index is -0.507. The predicted octanol–water partition coefficient (Wildman–Crippen LogP) is 1.34. The zero-order chi connectivity index (χ0) is 14.3. The number of fused-ring (bicyclic) bond motifs is 1. The van der Waals surface area contributed by atoms with E-state index in [9.17, 15) is 15.2 Å². The average Bonchev–Trinajstić information content (AvgIpc) is 3.03. The second kappa shape index (κ2) is 4.71. The molecule has 1 N–H and O–H groups in total. The van der Waals surface area contributed by atoms with Crippen LogP contribution in [-0.4, -0.2) is 39.5 Å². The third-order valence-electron chi connectivity index (χ3n) is 3.95. The molecule has 106 valence electrons. The Labute approximate surface area is 114 Å². The van der Waals surface area contributed by atoms with Crippen LogP contribution in [-0.2, 0) is 0 Å². The molecule has 2 unspecified atom stereocenters. The van der Waals surface area contributed by atoms with E-state index >= 15 is 0 Å². The summed E-state index contributed by atoms with van der Waals surface area (Å²) < 4.78 is 4.66. The van der Waals surface area contributed by atoms with Crippen molar-refractivity contribution in [3.05, 3.63) is 22.2 Å². The van der Waals surface area contributed by atoms with E-state index in [0.29, 0.717) is 11.4 Å². The van der Waals surface area contributed by atoms with Crippen molar-refractivity contribution in [3.8, 4) is 0 Å². The van der Waals surface area contributed by atoms with Crippen LogP contribution in [0.4, 0.5) is 11.4 Å². The van der Waals surface area contributed by atoms with Crippen molar-refractivity contribution in [2.24, 2.45) is 5.92 Å². The van der Waals surface area contributed by atoms with Gasteiger partial charge in [-0.05, 0) is 28.7 Å². The smallest absolute Gasteiger partial charge is 0.300 e. The molecular formula is C12H14N4O4. The Morgan fingerprint density at radius 3 is 2.95 bits per heavy atom. The highest BCUT2D eigenvalue weighted by Crippen LogP contribution is 2.36. The van der Waals surface area contributed by atoms with E-state index in [2.05, 4.69) is 21.9 Å². The Balaban J connectivity index is 2.11. The Morgan fingerprint density at radius 2 is 2.25 bits per heavy atom. The maximum absolute atomic E-state index is 11.0. The lowest BCUT2D eigenvalue weighted by Gasteiger charge is -2.27. The van der Waals surface area contributed by atoms with Gasteiger partial charge in [-0.3, -0.25) is 10.1 Å². The number of anilines is 1. The molecule has 0 amide bonds. The summed E-state index contributed by atoms with van der Waals surface area (Å²) in [4.78, 5) is 12.5. The molecule has 2 aromatic rings. The predicted molar refractivity (Wildman–Crippen MR) is 70.5 cm³/mol. The summed E-state index contributed by atoms with van der Waals surface area (Å²) in [5, 5.41) is 27.9. The monoisotopic (exact) mass is 278 g/mol. The van der Waals surface area contributed by atoms with Gasteiger partial charge in [0.25, 0.3) is 0 Å². The normalized spacial score (nSPS) is 22.6. The van der Waals surface area contributed by atoms with E-state index in [-0.39, 0.29) is 23.9 Å². The molecule has 2 heterocycles. The van der Waals surface area contributed by atoms with Crippen molar-refractivity contribution in [2.45, 2.75) is 19.4 Å². The first kappa shape index (κ1) is 12.8. The van der Waals surface area contributed by atoms with E-state index < -0.39 is 4.92 Å². The number of aromatic nitrogens is 2. The fourth-order valence-corrected chi connectivity index (χ4v) is 2.81. The van der Waals surface area contributed by atoms with Gasteiger partial charge in [-0.2, -0.15) is 0 Å². The van der Waals surface area contributed by atoms with Crippen LogP contribution in [0.25, 0.3) is 11.0 Å². The van der Waals surface area contributed by atoms with E-state index in [0.717, 1.165) is 18.7 Å². The zero-order valence-corrected chi connectivity index (χ0v) is 10.9. The van der Waals surface area contributed by atoms with Gasteiger partial charge in [0.15, 0.2) is 5.52 Å². The Kier molecular flexibility index (Phi) is 3.01. The molecule has 0 aliphatic carbocycles. The summed E-state index contributed by atoms with van der Waals surface area (Å²) in [7, 11) is 0. The number of non-ortho nitro benzene ring substituents is 1. The lowest BCUT2D eigenvalue weighted by molar-refractivity contribution is -0.383. The molecule has 0 bridgehead atoms. The number of aliphatic hydroxyl groups is 1. The molecule has 20 heavy (non-hydrogen) atoms. The van der Waals surface area contributed by atoms with Gasteiger partial charge >= 0.3 is 5.69 Å². The second-order valence-electron chi connectivity index (χ2n) is 5.03. The highest BCUT2D eigenvalue weighted by atomic mass is 16.6. The number of benzene rings is 1. The second-order valence-corrected chi connectivity index (χ2v) is 5.03. The molecule has 1 aliphatic heterocycles. The maximum atomic E-state index is 11.0. The molecule has 0 saturated carbocycles. The summed E-state index contributed by atoms with van der Waals surface area (Å²) in [6.45, 7) is 2.88. The van der Waals surface area contributed by atoms with Crippen molar-refractivity contribution in [3.63, 3.8) is 0 Å². The first-order valence-corrected chi connectivity index (χ1v) is 6.40. The van der Waals surface area contributed by atoms with Crippen LogP contribution < -0.4 is 4.90 Å². The minimum absolute atomic E-state index is 0.0173. The van der Waals surface area contributed by atoms with Gasteiger partial charge in [0.2, 0.25) is 5.52 Å². The highest BCUT2D eigenvalue weighted by Gasteiger charge is 2.33. The summed E-state index contributed by atoms with van der Waals surface area (Å²) in [6.07, 6.45) is 0.953. The van der Waals surface area contributed by atoms with Gasteiger partial charge < -0.3 is 10.0 Å². The molecule has 3 rings (SSSR count). The molecule has 8 heteroatoms. The minimum Gasteiger partial charge on any atom is -0.394 e. The van der Waals surface area contributed by atoms with Gasteiger partial charge in [0.1, 0.15) is 0 Å². The average molecular weight is 278 g/mol. The molecule has 2 atom stereocenters. The van der Waals surface area contributed by atoms with Crippen LogP contribution in [0.3, 0.4) is 0 Å². The topological polar surface area (TPSA) is 106 Å². The van der Waals surface area contributed by atoms with Gasteiger partial charge in [0, 0.05) is 12.6 Å². The van der Waals surface area contributed by atoms with E-state index in [1.807, 2.05) is 4.90 Å². The molecule has 8 nitrogen and oxygen atoms in total. The SMILES string of the molecule is CC1CCN(c2ccc([N+](=O)[O-])c3nonc23)C1CO. The number of hydrogen-bond acceptors (Lipinski definition) is 7. The lowest BCUT2D eigenvalue weighted by atomic mass is 10.0. The molecule has 0 radical (unpaired) electrons. The lowest BCUT2D eigenvalue weighted by Crippen LogP contribution is -2.35. The first-order chi connectivity index (χ1) is 9.63. The van der Waals surface area contributed by atoms with Crippen molar-refractivity contribution >= 4 is 22.4 Å². The summed E-state index contributed by atoms with van der Waals surface area (Å²) >= 11 is 0. The van der Waals surface area contributed by atoms with E-state index in [4.69, 9.17) is 0 Å². The third-order valence-corrected chi connectivity index (χ3v) is 3.95. The third kappa shape index (κ3) is 1.80. The quantitative estimate of drug-likeness (QED) is 0.667. The summed E-state index contributed by atoms with van der Waals surface area (Å²) in [5.74, 6) is 0.352. The standard InChI is InChI=1S/C12H14N4O4/c1-7-4-5-15(10(7)6-17)8-2-3-9(16(18)19)12-11(8)13-20-14-12/h2-3,7,10,17H,4-6H2,1H3. The number of nitro benzene ring substituents is 1. The number of aliphatic hydroxyl groups excluding tert-OH is 1. The molecule has 1 aromatic carbocycles. The van der Waals surface area contributed by atoms with Crippen molar-refractivity contribution < 1.29 is 14.7 Å². The molecule has 1 aliphatic rings. The van der Waals surface area contributed by atoms with E-state index in [1.165, 1.54) is 6.07 Å². The van der Waals surface area contributed by atoms with Gasteiger partial charge in [-0.1, -0.05) is 6.92 Å². The van der Waals surface area contributed by atoms with E-state index in [1.54, 1.807) is 6.07 Å². The van der Waals surface area contributed by atoms with Crippen molar-refractivity contribution in [1.82, 2.24) is 10.3 Å². The first-order valence-electron chi connectivity index (χ1n) is 6.40. The Hall–Kier alpha value is -2.22. The fourth-order valence-electron chi connectivity index (χ4n) is 2.81. The number of nitrogens with zero attached hydrogens (tertiary/aromatic N) is 4. The van der Waals surface area contributed by atoms with Crippen LogP contribution in [0.2, 0.25) is 0 Å². The molecular weight excluding hydrogens is 264 g/mol. The Morgan fingerprint density at radius 1 is 1.50 bits per heavy atom. The number of hydrogen-bond donors (Lipinski definition) is 1. The van der Waals surface area contributed by atoms with Crippen LogP contribution >= 0.6 is 0 Å². The van der Waals surface area contributed by atoms with Crippen molar-refractivity contribution in [2.75, 3.05) is 18.1 Å². The van der Waals surface area contributed by atoms with Gasteiger partial charge in [-0.25, -0.2) is 4.63 Å². The largest absolute Gasteiger partial charge is 0.394 e. The molecule has 1 fully saturated rings. The fraction of sp³-hybridized carbons (Fsp3) is 0.500. The van der Waals surface area contributed by atoms with Gasteiger partial charge in [0.05, 0.1) is 23.3 Å². The zero-order valence-electron chi connectivity index (χ0n) is 10.9. The van der Waals surface area contributed by atoms with Crippen LogP contribution in [0.15, 0.2) is 16.8 Å². The molecule has 1 aromatic heterocycles. The maximum Gasteiger partial charge on any atom is 0.300 e. The number of nitro groups is 1. The molecule has 1 saturated heterocycles. The van der Waals surface area contributed by atoms with Crippen LogP contribution in [0.1, 0.15) is 13.3 Å². The molecule has 0 spiro atoms. The van der Waals surface area contributed by atoms with Crippen molar-refractivity contribution in [1.29, 1.82) is 0 Å².